The molecule has 1 N–H and O–H groups in total. The first-order valence-corrected chi connectivity index (χ1v) is 6.39. The van der Waals surface area contributed by atoms with Crippen LogP contribution in [-0.4, -0.2) is 54.7 Å². The normalized spacial score (nSPS) is 21.1. The van der Waals surface area contributed by atoms with Crippen LogP contribution >= 0.6 is 0 Å². The summed E-state index contributed by atoms with van der Waals surface area (Å²) in [6.45, 7) is 5.16. The molecule has 0 spiro atoms. The smallest absolute Gasteiger partial charge is 0.0916 e. The Kier molecular flexibility index (Phi) is 4.54. The molecule has 1 aromatic carbocycles. The summed E-state index contributed by atoms with van der Waals surface area (Å²) < 4.78 is 0. The van der Waals surface area contributed by atoms with Crippen LogP contribution in [-0.2, 0) is 0 Å². The van der Waals surface area contributed by atoms with Crippen LogP contribution in [0.25, 0.3) is 0 Å². The van der Waals surface area contributed by atoms with Gasteiger partial charge in [0.25, 0.3) is 0 Å². The van der Waals surface area contributed by atoms with Gasteiger partial charge in [-0.15, -0.1) is 0 Å². The first-order valence-electron chi connectivity index (χ1n) is 6.39. The van der Waals surface area contributed by atoms with E-state index in [0.29, 0.717) is 0 Å². The minimum atomic E-state index is -0.361. The zero-order chi connectivity index (χ0) is 12.1. The molecule has 0 radical (unpaired) electrons. The van der Waals surface area contributed by atoms with E-state index in [1.165, 1.54) is 6.42 Å². The van der Waals surface area contributed by atoms with Crippen molar-refractivity contribution in [3.8, 4) is 0 Å². The van der Waals surface area contributed by atoms with Crippen LogP contribution in [0.4, 0.5) is 0 Å². The topological polar surface area (TPSA) is 26.7 Å². The van der Waals surface area contributed by atoms with Crippen molar-refractivity contribution in [2.24, 2.45) is 0 Å². The predicted molar refractivity (Wildman–Crippen MR) is 70.0 cm³/mol. The fourth-order valence-corrected chi connectivity index (χ4v) is 2.31. The molecule has 1 atom stereocenters. The van der Waals surface area contributed by atoms with Crippen LogP contribution < -0.4 is 0 Å². The molecule has 2 rings (SSSR count). The van der Waals surface area contributed by atoms with E-state index in [0.717, 1.165) is 38.3 Å². The van der Waals surface area contributed by atoms with Crippen molar-refractivity contribution >= 4 is 0 Å². The Morgan fingerprint density at radius 3 is 2.65 bits per heavy atom. The van der Waals surface area contributed by atoms with Crippen LogP contribution in [0.1, 0.15) is 18.1 Å². The number of aliphatic hydroxyl groups is 1. The molecule has 3 nitrogen and oxygen atoms in total. The van der Waals surface area contributed by atoms with Gasteiger partial charge >= 0.3 is 0 Å². The molecule has 3 heteroatoms. The number of rotatable bonds is 3. The second kappa shape index (κ2) is 6.15. The van der Waals surface area contributed by atoms with Crippen LogP contribution in [0.2, 0.25) is 0 Å². The molecule has 94 valence electrons. The summed E-state index contributed by atoms with van der Waals surface area (Å²) in [6, 6.07) is 9.93. The van der Waals surface area contributed by atoms with Gasteiger partial charge in [0, 0.05) is 19.6 Å². The van der Waals surface area contributed by atoms with E-state index in [1.54, 1.807) is 0 Å². The third kappa shape index (κ3) is 3.80. The highest BCUT2D eigenvalue weighted by molar-refractivity contribution is 5.17. The summed E-state index contributed by atoms with van der Waals surface area (Å²) in [7, 11) is 2.16. The molecule has 1 fully saturated rings. The van der Waals surface area contributed by atoms with Crippen molar-refractivity contribution in [2.75, 3.05) is 39.8 Å². The Morgan fingerprint density at radius 1 is 1.12 bits per heavy atom. The van der Waals surface area contributed by atoms with E-state index in [-0.39, 0.29) is 6.10 Å². The Hall–Kier alpha value is -0.900. The van der Waals surface area contributed by atoms with Crippen LogP contribution in [0.5, 0.6) is 0 Å². The molecule has 0 unspecified atom stereocenters. The Morgan fingerprint density at radius 2 is 1.88 bits per heavy atom. The molecular weight excluding hydrogens is 212 g/mol. The van der Waals surface area contributed by atoms with Gasteiger partial charge in [-0.25, -0.2) is 0 Å². The number of likely N-dealkylation sites (N-methyl/N-ethyl adjacent to an activating group) is 1. The molecule has 1 saturated heterocycles. The van der Waals surface area contributed by atoms with E-state index in [9.17, 15) is 5.11 Å². The summed E-state index contributed by atoms with van der Waals surface area (Å²) in [4.78, 5) is 4.72. The van der Waals surface area contributed by atoms with E-state index in [2.05, 4.69) is 16.8 Å². The Bertz CT molecular complexity index is 328. The lowest BCUT2D eigenvalue weighted by Crippen LogP contribution is -2.32. The molecule has 0 saturated carbocycles. The van der Waals surface area contributed by atoms with Crippen molar-refractivity contribution < 1.29 is 5.11 Å². The number of nitrogens with zero attached hydrogens (tertiary/aromatic N) is 2. The van der Waals surface area contributed by atoms with Crippen molar-refractivity contribution in [3.63, 3.8) is 0 Å². The standard InChI is InChI=1S/C14H22N2O/c1-15-8-5-9-16(11-10-15)12-14(17)13-6-3-2-4-7-13/h2-4,6-7,14,17H,5,8-12H2,1H3/t14-/m1/s1. The summed E-state index contributed by atoms with van der Waals surface area (Å²) in [6.07, 6.45) is 0.831. The van der Waals surface area contributed by atoms with Gasteiger partial charge in [0.1, 0.15) is 0 Å². The third-order valence-corrected chi connectivity index (χ3v) is 3.43. The molecule has 0 bridgehead atoms. The second-order valence-electron chi connectivity index (χ2n) is 4.88. The van der Waals surface area contributed by atoms with Gasteiger partial charge in [-0.2, -0.15) is 0 Å². The summed E-state index contributed by atoms with van der Waals surface area (Å²) in [5.41, 5.74) is 1.02. The maximum Gasteiger partial charge on any atom is 0.0916 e. The Labute approximate surface area is 104 Å². The van der Waals surface area contributed by atoms with Gasteiger partial charge < -0.3 is 10.0 Å². The van der Waals surface area contributed by atoms with Crippen molar-refractivity contribution in [2.45, 2.75) is 12.5 Å². The van der Waals surface area contributed by atoms with Crippen LogP contribution in [0.3, 0.4) is 0 Å². The summed E-state index contributed by atoms with van der Waals surface area (Å²) in [5.74, 6) is 0. The van der Waals surface area contributed by atoms with Gasteiger partial charge in [-0.1, -0.05) is 30.3 Å². The van der Waals surface area contributed by atoms with Crippen molar-refractivity contribution in [1.29, 1.82) is 0 Å². The Balaban J connectivity index is 1.88. The zero-order valence-corrected chi connectivity index (χ0v) is 10.5. The number of β-amino-alcohol motifs (C(OH)–C–C–N with tert-alkyl or cyclic N) is 1. The maximum absolute atomic E-state index is 10.2. The number of hydrogen-bond acceptors (Lipinski definition) is 3. The van der Waals surface area contributed by atoms with Gasteiger partial charge in [-0.3, -0.25) is 4.90 Å². The largest absolute Gasteiger partial charge is 0.387 e. The first-order chi connectivity index (χ1) is 8.25. The fraction of sp³-hybridized carbons (Fsp3) is 0.571. The summed E-state index contributed by atoms with van der Waals surface area (Å²) in [5, 5.41) is 10.2. The van der Waals surface area contributed by atoms with Crippen LogP contribution in [0, 0.1) is 0 Å². The van der Waals surface area contributed by atoms with Crippen molar-refractivity contribution in [3.05, 3.63) is 35.9 Å². The highest BCUT2D eigenvalue weighted by atomic mass is 16.3. The lowest BCUT2D eigenvalue weighted by molar-refractivity contribution is 0.115. The third-order valence-electron chi connectivity index (χ3n) is 3.43. The quantitative estimate of drug-likeness (QED) is 0.855. The first kappa shape index (κ1) is 12.6. The number of aliphatic hydroxyl groups excluding tert-OH is 1. The lowest BCUT2D eigenvalue weighted by Gasteiger charge is -2.23. The number of hydrogen-bond donors (Lipinski definition) is 1. The van der Waals surface area contributed by atoms with Crippen LogP contribution in [0.15, 0.2) is 30.3 Å². The average molecular weight is 234 g/mol. The molecule has 1 aliphatic heterocycles. The van der Waals surface area contributed by atoms with E-state index >= 15 is 0 Å². The monoisotopic (exact) mass is 234 g/mol. The average Bonchev–Trinajstić information content (AvgIpc) is 2.56. The molecule has 0 aliphatic carbocycles. The zero-order valence-electron chi connectivity index (χ0n) is 10.5. The molecule has 17 heavy (non-hydrogen) atoms. The minimum absolute atomic E-state index is 0.361. The second-order valence-corrected chi connectivity index (χ2v) is 4.88. The van der Waals surface area contributed by atoms with Gasteiger partial charge in [-0.05, 0) is 32.1 Å². The highest BCUT2D eigenvalue weighted by Gasteiger charge is 2.16. The molecule has 0 amide bonds. The molecular formula is C14H22N2O. The SMILES string of the molecule is CN1CCCN(C[C@@H](O)c2ccccc2)CC1. The van der Waals surface area contributed by atoms with E-state index in [1.807, 2.05) is 30.3 Å². The van der Waals surface area contributed by atoms with Gasteiger partial charge in [0.15, 0.2) is 0 Å². The summed E-state index contributed by atoms with van der Waals surface area (Å²) >= 11 is 0. The maximum atomic E-state index is 10.2. The fourth-order valence-electron chi connectivity index (χ4n) is 2.31. The molecule has 0 aromatic heterocycles. The van der Waals surface area contributed by atoms with Gasteiger partial charge in [0.05, 0.1) is 6.10 Å². The van der Waals surface area contributed by atoms with E-state index < -0.39 is 0 Å². The molecule has 1 heterocycles. The number of benzene rings is 1. The minimum Gasteiger partial charge on any atom is -0.387 e. The van der Waals surface area contributed by atoms with Gasteiger partial charge in [0.2, 0.25) is 0 Å². The molecule has 1 aromatic rings. The van der Waals surface area contributed by atoms with E-state index in [4.69, 9.17) is 0 Å². The molecule has 1 aliphatic rings. The van der Waals surface area contributed by atoms with Crippen molar-refractivity contribution in [1.82, 2.24) is 9.80 Å². The lowest BCUT2D eigenvalue weighted by atomic mass is 10.1. The highest BCUT2D eigenvalue weighted by Crippen LogP contribution is 2.14. The predicted octanol–water partition coefficient (Wildman–Crippen LogP) is 1.36.